The molecule has 0 aliphatic carbocycles. The molecule has 26 heavy (non-hydrogen) atoms. The predicted octanol–water partition coefficient (Wildman–Crippen LogP) is 4.72. The Kier molecular flexibility index (Phi) is 8.29. The van der Waals surface area contributed by atoms with Crippen LogP contribution in [0.25, 0.3) is 0 Å². The highest BCUT2D eigenvalue weighted by atomic mass is 32.2. The number of hydrogen-bond acceptors (Lipinski definition) is 4. The quantitative estimate of drug-likeness (QED) is 0.420. The van der Waals surface area contributed by atoms with Gasteiger partial charge in [-0.05, 0) is 49.8 Å². The van der Waals surface area contributed by atoms with E-state index in [1.165, 1.54) is 5.56 Å². The minimum atomic E-state index is -3.65. The van der Waals surface area contributed by atoms with Crippen molar-refractivity contribution >= 4 is 10.1 Å². The van der Waals surface area contributed by atoms with Gasteiger partial charge in [0.2, 0.25) is 0 Å². The van der Waals surface area contributed by atoms with Crippen molar-refractivity contribution in [2.75, 3.05) is 13.2 Å². The smallest absolute Gasteiger partial charge is 0.296 e. The van der Waals surface area contributed by atoms with Crippen LogP contribution >= 0.6 is 0 Å². The molecular formula is C21H28O4S. The Morgan fingerprint density at radius 1 is 0.923 bits per heavy atom. The van der Waals surface area contributed by atoms with Crippen LogP contribution in [0, 0.1) is 12.8 Å². The van der Waals surface area contributed by atoms with E-state index in [0.717, 1.165) is 18.4 Å². The lowest BCUT2D eigenvalue weighted by atomic mass is 10.0. The fraction of sp³-hybridized carbons (Fsp3) is 0.429. The second kappa shape index (κ2) is 10.5. The molecule has 142 valence electrons. The van der Waals surface area contributed by atoms with Crippen molar-refractivity contribution in [3.8, 4) is 0 Å². The van der Waals surface area contributed by atoms with Gasteiger partial charge in [0.15, 0.2) is 0 Å². The van der Waals surface area contributed by atoms with Gasteiger partial charge in [0, 0.05) is 6.61 Å². The SMILES string of the molecule is Cc1ccc(S(=O)(=O)OCCCC(C)CCOCc2ccccc2)cc1. The van der Waals surface area contributed by atoms with Crippen LogP contribution < -0.4 is 0 Å². The molecule has 0 aliphatic rings. The Hall–Kier alpha value is -1.69. The van der Waals surface area contributed by atoms with E-state index in [-0.39, 0.29) is 11.5 Å². The van der Waals surface area contributed by atoms with E-state index in [2.05, 4.69) is 19.1 Å². The Balaban J connectivity index is 1.59. The van der Waals surface area contributed by atoms with Crippen molar-refractivity contribution in [1.82, 2.24) is 0 Å². The average molecular weight is 377 g/mol. The Labute approximate surface area is 157 Å². The van der Waals surface area contributed by atoms with E-state index in [0.29, 0.717) is 25.6 Å². The molecule has 0 bridgehead atoms. The van der Waals surface area contributed by atoms with Crippen LogP contribution in [-0.4, -0.2) is 21.6 Å². The second-order valence-electron chi connectivity index (χ2n) is 6.66. The molecule has 0 fully saturated rings. The Morgan fingerprint density at radius 3 is 2.31 bits per heavy atom. The number of ether oxygens (including phenoxy) is 1. The largest absolute Gasteiger partial charge is 0.377 e. The molecule has 1 atom stereocenters. The predicted molar refractivity (Wildman–Crippen MR) is 103 cm³/mol. The molecule has 0 amide bonds. The van der Waals surface area contributed by atoms with Gasteiger partial charge in [-0.3, -0.25) is 4.18 Å². The highest BCUT2D eigenvalue weighted by Gasteiger charge is 2.14. The molecular weight excluding hydrogens is 348 g/mol. The summed E-state index contributed by atoms with van der Waals surface area (Å²) in [5.74, 6) is 0.469. The third-order valence-corrected chi connectivity index (χ3v) is 5.58. The van der Waals surface area contributed by atoms with Crippen LogP contribution in [0.3, 0.4) is 0 Å². The van der Waals surface area contributed by atoms with Crippen molar-refractivity contribution in [2.45, 2.75) is 44.6 Å². The van der Waals surface area contributed by atoms with Crippen LogP contribution in [0.15, 0.2) is 59.5 Å². The van der Waals surface area contributed by atoms with Crippen LogP contribution in [0.4, 0.5) is 0 Å². The summed E-state index contributed by atoms with van der Waals surface area (Å²) in [6.45, 7) is 5.62. The molecule has 2 aromatic rings. The molecule has 0 heterocycles. The average Bonchev–Trinajstić information content (AvgIpc) is 2.64. The van der Waals surface area contributed by atoms with Gasteiger partial charge in [0.25, 0.3) is 10.1 Å². The Bertz CT molecular complexity index is 739. The van der Waals surface area contributed by atoms with Gasteiger partial charge in [-0.1, -0.05) is 55.0 Å². The number of benzene rings is 2. The van der Waals surface area contributed by atoms with Crippen molar-refractivity contribution in [1.29, 1.82) is 0 Å². The zero-order chi connectivity index (χ0) is 18.8. The molecule has 0 aliphatic heterocycles. The van der Waals surface area contributed by atoms with Crippen LogP contribution in [0.1, 0.15) is 37.3 Å². The van der Waals surface area contributed by atoms with Crippen LogP contribution in [0.2, 0.25) is 0 Å². The minimum absolute atomic E-state index is 0.213. The molecule has 2 aromatic carbocycles. The summed E-state index contributed by atoms with van der Waals surface area (Å²) < 4.78 is 35.0. The lowest BCUT2D eigenvalue weighted by Gasteiger charge is -2.12. The van der Waals surface area contributed by atoms with E-state index in [9.17, 15) is 8.42 Å². The second-order valence-corrected chi connectivity index (χ2v) is 8.28. The van der Waals surface area contributed by atoms with Crippen molar-refractivity contribution in [3.05, 3.63) is 65.7 Å². The van der Waals surface area contributed by atoms with Crippen molar-refractivity contribution in [2.24, 2.45) is 5.92 Å². The molecule has 2 rings (SSSR count). The first kappa shape index (κ1) is 20.6. The summed E-state index contributed by atoms with van der Waals surface area (Å²) in [6, 6.07) is 16.8. The number of aryl methyl sites for hydroxylation is 1. The van der Waals surface area contributed by atoms with Gasteiger partial charge < -0.3 is 4.74 Å². The van der Waals surface area contributed by atoms with Gasteiger partial charge in [-0.25, -0.2) is 0 Å². The lowest BCUT2D eigenvalue weighted by Crippen LogP contribution is -2.09. The first-order valence-electron chi connectivity index (χ1n) is 9.05. The zero-order valence-corrected chi connectivity index (χ0v) is 16.4. The van der Waals surface area contributed by atoms with Crippen LogP contribution in [-0.2, 0) is 25.6 Å². The minimum Gasteiger partial charge on any atom is -0.377 e. The first-order valence-corrected chi connectivity index (χ1v) is 10.5. The standard InChI is InChI=1S/C21H28O4S/c1-18(14-16-24-17-20-8-4-3-5-9-20)7-6-15-25-26(22,23)21-12-10-19(2)11-13-21/h3-5,8-13,18H,6-7,14-17H2,1-2H3. The molecule has 0 saturated heterocycles. The van der Waals surface area contributed by atoms with E-state index in [4.69, 9.17) is 8.92 Å². The molecule has 5 heteroatoms. The van der Waals surface area contributed by atoms with E-state index < -0.39 is 10.1 Å². The highest BCUT2D eigenvalue weighted by Crippen LogP contribution is 2.16. The van der Waals surface area contributed by atoms with Gasteiger partial charge in [0.05, 0.1) is 18.1 Å². The van der Waals surface area contributed by atoms with Crippen LogP contribution in [0.5, 0.6) is 0 Å². The van der Waals surface area contributed by atoms with E-state index in [1.54, 1.807) is 24.3 Å². The molecule has 0 saturated carbocycles. The summed E-state index contributed by atoms with van der Waals surface area (Å²) in [5.41, 5.74) is 2.20. The normalized spacial score (nSPS) is 12.8. The summed E-state index contributed by atoms with van der Waals surface area (Å²) in [5, 5.41) is 0. The summed E-state index contributed by atoms with van der Waals surface area (Å²) in [4.78, 5) is 0.213. The van der Waals surface area contributed by atoms with Gasteiger partial charge in [0.1, 0.15) is 0 Å². The van der Waals surface area contributed by atoms with Gasteiger partial charge >= 0.3 is 0 Å². The van der Waals surface area contributed by atoms with Crippen molar-refractivity contribution in [3.63, 3.8) is 0 Å². The molecule has 0 aromatic heterocycles. The molecule has 0 radical (unpaired) electrons. The summed E-state index contributed by atoms with van der Waals surface area (Å²) in [7, 11) is -3.65. The lowest BCUT2D eigenvalue weighted by molar-refractivity contribution is 0.107. The molecule has 0 spiro atoms. The van der Waals surface area contributed by atoms with E-state index >= 15 is 0 Å². The Morgan fingerprint density at radius 2 is 1.62 bits per heavy atom. The third-order valence-electron chi connectivity index (χ3n) is 4.26. The maximum Gasteiger partial charge on any atom is 0.296 e. The molecule has 4 nitrogen and oxygen atoms in total. The maximum absolute atomic E-state index is 12.1. The monoisotopic (exact) mass is 376 g/mol. The topological polar surface area (TPSA) is 52.6 Å². The molecule has 0 N–H and O–H groups in total. The summed E-state index contributed by atoms with van der Waals surface area (Å²) in [6.07, 6.45) is 2.58. The zero-order valence-electron chi connectivity index (χ0n) is 15.6. The fourth-order valence-electron chi connectivity index (χ4n) is 2.57. The van der Waals surface area contributed by atoms with Gasteiger partial charge in [-0.2, -0.15) is 8.42 Å². The third kappa shape index (κ3) is 7.28. The highest BCUT2D eigenvalue weighted by molar-refractivity contribution is 7.86. The molecule has 1 unspecified atom stereocenters. The van der Waals surface area contributed by atoms with Gasteiger partial charge in [-0.15, -0.1) is 0 Å². The number of rotatable bonds is 11. The number of hydrogen-bond donors (Lipinski definition) is 0. The first-order chi connectivity index (χ1) is 12.5. The summed E-state index contributed by atoms with van der Waals surface area (Å²) >= 11 is 0. The maximum atomic E-state index is 12.1. The fourth-order valence-corrected chi connectivity index (χ4v) is 3.51. The van der Waals surface area contributed by atoms with E-state index in [1.807, 2.05) is 25.1 Å². The van der Waals surface area contributed by atoms with Crippen molar-refractivity contribution < 1.29 is 17.3 Å².